The number of benzene rings is 1. The van der Waals surface area contributed by atoms with E-state index in [1.165, 1.54) is 19.2 Å². The summed E-state index contributed by atoms with van der Waals surface area (Å²) in [6.07, 6.45) is 3.78. The SMILES string of the molecule is CC[C@H]1CC(NC(C)c2cc(F)c(-c3nc(C(C)(C)C)ccc3OC)cc2F)=CN1. The van der Waals surface area contributed by atoms with Crippen molar-refractivity contribution in [3.05, 3.63) is 59.1 Å². The van der Waals surface area contributed by atoms with Crippen LogP contribution in [0.1, 0.15) is 64.8 Å². The standard InChI is InChI=1S/C24H31F2N3O/c1-7-15-10-16(13-27-15)28-14(2)17-11-20(26)18(12-19(17)25)23-21(30-6)8-9-22(29-23)24(3,4)5/h8-9,11-15,27-28H,7,10H2,1-6H3/t14?,15-/m0/s1. The van der Waals surface area contributed by atoms with Crippen molar-refractivity contribution in [1.29, 1.82) is 0 Å². The zero-order valence-electron chi connectivity index (χ0n) is 18.6. The molecule has 0 aliphatic carbocycles. The smallest absolute Gasteiger partial charge is 0.145 e. The van der Waals surface area contributed by atoms with Gasteiger partial charge in [0.25, 0.3) is 0 Å². The fourth-order valence-corrected chi connectivity index (χ4v) is 3.62. The third-order valence-electron chi connectivity index (χ3n) is 5.51. The molecule has 6 heteroatoms. The Bertz CT molecular complexity index is 950. The van der Waals surface area contributed by atoms with E-state index in [-0.39, 0.29) is 22.6 Å². The van der Waals surface area contributed by atoms with Crippen LogP contribution in [-0.2, 0) is 5.41 Å². The molecule has 1 aromatic carbocycles. The number of nitrogens with zero attached hydrogens (tertiary/aromatic N) is 1. The lowest BCUT2D eigenvalue weighted by atomic mass is 9.91. The maximum Gasteiger partial charge on any atom is 0.145 e. The predicted octanol–water partition coefficient (Wildman–Crippen LogP) is 5.60. The van der Waals surface area contributed by atoms with E-state index in [1.807, 2.05) is 40.0 Å². The minimum Gasteiger partial charge on any atom is -0.494 e. The van der Waals surface area contributed by atoms with Gasteiger partial charge in [0.1, 0.15) is 23.1 Å². The molecular weight excluding hydrogens is 384 g/mol. The van der Waals surface area contributed by atoms with Crippen molar-refractivity contribution < 1.29 is 13.5 Å². The Morgan fingerprint density at radius 2 is 1.97 bits per heavy atom. The van der Waals surface area contributed by atoms with Gasteiger partial charge in [-0.1, -0.05) is 27.7 Å². The second-order valence-corrected chi connectivity index (χ2v) is 8.86. The fourth-order valence-electron chi connectivity index (χ4n) is 3.62. The Balaban J connectivity index is 1.93. The number of pyridine rings is 1. The Labute approximate surface area is 177 Å². The van der Waals surface area contributed by atoms with Crippen LogP contribution in [0.5, 0.6) is 5.75 Å². The average molecular weight is 416 g/mol. The molecule has 0 spiro atoms. The lowest BCUT2D eigenvalue weighted by Gasteiger charge is -2.21. The molecule has 1 aliphatic heterocycles. The summed E-state index contributed by atoms with van der Waals surface area (Å²) in [6, 6.07) is 6.10. The molecule has 4 nitrogen and oxygen atoms in total. The predicted molar refractivity (Wildman–Crippen MR) is 116 cm³/mol. The Hall–Kier alpha value is -2.63. The Morgan fingerprint density at radius 3 is 2.57 bits per heavy atom. The van der Waals surface area contributed by atoms with Gasteiger partial charge in [-0.25, -0.2) is 13.8 Å². The first-order chi connectivity index (χ1) is 14.1. The van der Waals surface area contributed by atoms with Gasteiger partial charge in [0.05, 0.1) is 13.2 Å². The number of hydrogen-bond donors (Lipinski definition) is 2. The molecular formula is C24H31F2N3O. The molecule has 3 rings (SSSR count). The maximum atomic E-state index is 15.1. The van der Waals surface area contributed by atoms with Crippen molar-refractivity contribution in [2.75, 3.05) is 7.11 Å². The monoisotopic (exact) mass is 415 g/mol. The van der Waals surface area contributed by atoms with E-state index in [0.29, 0.717) is 17.5 Å². The number of methoxy groups -OCH3 is 1. The number of aromatic nitrogens is 1. The second-order valence-electron chi connectivity index (χ2n) is 8.86. The summed E-state index contributed by atoms with van der Waals surface area (Å²) in [5.41, 5.74) is 2.24. The summed E-state index contributed by atoms with van der Waals surface area (Å²) >= 11 is 0. The summed E-state index contributed by atoms with van der Waals surface area (Å²) in [7, 11) is 1.50. The summed E-state index contributed by atoms with van der Waals surface area (Å²) in [6.45, 7) is 10.0. The number of halogens is 2. The number of rotatable bonds is 6. The van der Waals surface area contributed by atoms with Crippen LogP contribution < -0.4 is 15.4 Å². The molecule has 2 heterocycles. The van der Waals surface area contributed by atoms with Crippen molar-refractivity contribution in [3.63, 3.8) is 0 Å². The Kier molecular flexibility index (Phi) is 6.34. The summed E-state index contributed by atoms with van der Waals surface area (Å²) < 4.78 is 35.5. The number of nitrogens with one attached hydrogen (secondary N) is 2. The van der Waals surface area contributed by atoms with Crippen molar-refractivity contribution in [2.24, 2.45) is 0 Å². The highest BCUT2D eigenvalue weighted by atomic mass is 19.1. The van der Waals surface area contributed by atoms with Crippen LogP contribution in [0.2, 0.25) is 0 Å². The molecule has 0 fully saturated rings. The topological polar surface area (TPSA) is 46.2 Å². The van der Waals surface area contributed by atoms with Gasteiger partial charge in [-0.3, -0.25) is 0 Å². The summed E-state index contributed by atoms with van der Waals surface area (Å²) in [4.78, 5) is 4.60. The average Bonchev–Trinajstić information content (AvgIpc) is 3.15. The van der Waals surface area contributed by atoms with E-state index in [1.54, 1.807) is 6.07 Å². The normalized spacial score (nSPS) is 17.3. The minimum atomic E-state index is -0.526. The van der Waals surface area contributed by atoms with Crippen molar-refractivity contribution >= 4 is 0 Å². The van der Waals surface area contributed by atoms with Crippen LogP contribution in [0.3, 0.4) is 0 Å². The number of ether oxygens (including phenoxy) is 1. The van der Waals surface area contributed by atoms with E-state index in [4.69, 9.17) is 4.74 Å². The van der Waals surface area contributed by atoms with Crippen LogP contribution in [0, 0.1) is 11.6 Å². The van der Waals surface area contributed by atoms with Crippen LogP contribution in [-0.4, -0.2) is 18.1 Å². The van der Waals surface area contributed by atoms with Gasteiger partial charge in [0, 0.05) is 46.6 Å². The van der Waals surface area contributed by atoms with Crippen molar-refractivity contribution in [3.8, 4) is 17.0 Å². The van der Waals surface area contributed by atoms with Gasteiger partial charge < -0.3 is 15.4 Å². The van der Waals surface area contributed by atoms with Gasteiger partial charge in [0.2, 0.25) is 0 Å². The lowest BCUT2D eigenvalue weighted by molar-refractivity contribution is 0.413. The third kappa shape index (κ3) is 4.58. The van der Waals surface area contributed by atoms with Gasteiger partial charge >= 0.3 is 0 Å². The first kappa shape index (κ1) is 22.1. The van der Waals surface area contributed by atoms with E-state index in [9.17, 15) is 0 Å². The molecule has 162 valence electrons. The zero-order valence-corrected chi connectivity index (χ0v) is 18.6. The molecule has 0 radical (unpaired) electrons. The highest BCUT2D eigenvalue weighted by Crippen LogP contribution is 2.35. The molecule has 0 saturated heterocycles. The minimum absolute atomic E-state index is 0.0965. The highest BCUT2D eigenvalue weighted by Gasteiger charge is 2.23. The quantitative estimate of drug-likeness (QED) is 0.645. The van der Waals surface area contributed by atoms with Gasteiger partial charge in [-0.15, -0.1) is 0 Å². The lowest BCUT2D eigenvalue weighted by Crippen LogP contribution is -2.20. The highest BCUT2D eigenvalue weighted by molar-refractivity contribution is 5.68. The molecule has 0 amide bonds. The zero-order chi connectivity index (χ0) is 22.1. The van der Waals surface area contributed by atoms with E-state index >= 15 is 8.78 Å². The van der Waals surface area contributed by atoms with Crippen LogP contribution in [0.4, 0.5) is 8.78 Å². The Morgan fingerprint density at radius 1 is 1.23 bits per heavy atom. The van der Waals surface area contributed by atoms with E-state index in [2.05, 4.69) is 22.5 Å². The first-order valence-corrected chi connectivity index (χ1v) is 10.4. The van der Waals surface area contributed by atoms with Crippen LogP contribution in [0.25, 0.3) is 11.3 Å². The molecule has 2 atom stereocenters. The summed E-state index contributed by atoms with van der Waals surface area (Å²) in [5, 5.41) is 6.58. The third-order valence-corrected chi connectivity index (χ3v) is 5.51. The van der Waals surface area contributed by atoms with Gasteiger partial charge in [0.15, 0.2) is 0 Å². The van der Waals surface area contributed by atoms with Gasteiger partial charge in [-0.05, 0) is 37.6 Å². The molecule has 0 saturated carbocycles. The molecule has 2 N–H and O–H groups in total. The molecule has 1 aromatic heterocycles. The number of hydrogen-bond acceptors (Lipinski definition) is 4. The second kappa shape index (κ2) is 8.62. The van der Waals surface area contributed by atoms with Crippen LogP contribution >= 0.6 is 0 Å². The fraction of sp³-hybridized carbons (Fsp3) is 0.458. The van der Waals surface area contributed by atoms with E-state index in [0.717, 1.165) is 24.2 Å². The molecule has 30 heavy (non-hydrogen) atoms. The molecule has 2 aromatic rings. The molecule has 1 unspecified atom stereocenters. The van der Waals surface area contributed by atoms with E-state index < -0.39 is 11.6 Å². The molecule has 1 aliphatic rings. The largest absolute Gasteiger partial charge is 0.494 e. The first-order valence-electron chi connectivity index (χ1n) is 10.4. The van der Waals surface area contributed by atoms with Gasteiger partial charge in [-0.2, -0.15) is 0 Å². The van der Waals surface area contributed by atoms with Crippen molar-refractivity contribution in [1.82, 2.24) is 15.6 Å². The maximum absolute atomic E-state index is 15.1. The van der Waals surface area contributed by atoms with Crippen molar-refractivity contribution in [2.45, 2.75) is 65.0 Å². The molecule has 0 bridgehead atoms. The summed E-state index contributed by atoms with van der Waals surface area (Å²) in [5.74, 6) is -0.593. The van der Waals surface area contributed by atoms with Crippen LogP contribution in [0.15, 0.2) is 36.2 Å².